The number of hydrogen-bond donors (Lipinski definition) is 0. The summed E-state index contributed by atoms with van der Waals surface area (Å²) in [4.78, 5) is 0. The predicted molar refractivity (Wildman–Crippen MR) is 70.8 cm³/mol. The van der Waals surface area contributed by atoms with E-state index in [1.165, 1.54) is 0 Å². The van der Waals surface area contributed by atoms with Crippen molar-refractivity contribution in [3.05, 3.63) is 46.4 Å². The zero-order chi connectivity index (χ0) is 11.1. The van der Waals surface area contributed by atoms with Crippen molar-refractivity contribution in [1.82, 2.24) is 0 Å². The molecule has 0 aliphatic carbocycles. The predicted octanol–water partition coefficient (Wildman–Crippen LogP) is 3.47. The Hall–Kier alpha value is 0.0769. The molecule has 5 heteroatoms. The summed E-state index contributed by atoms with van der Waals surface area (Å²) in [7, 11) is 0. The van der Waals surface area contributed by atoms with Crippen LogP contribution in [0.2, 0.25) is 10.0 Å². The first kappa shape index (κ1) is 11.6. The van der Waals surface area contributed by atoms with Crippen molar-refractivity contribution >= 4 is 62.4 Å². The standard InChI is InChI=1S/C10H6Cl4Si/c11-7-3-1-5-9(7)15(13,14)10-6-2-4-8(10)12/h1-6H/q-2. The molecule has 0 nitrogen and oxygen atoms in total. The van der Waals surface area contributed by atoms with Crippen molar-refractivity contribution in [1.29, 1.82) is 0 Å². The van der Waals surface area contributed by atoms with E-state index in [1.807, 2.05) is 24.3 Å². The fraction of sp³-hybridized carbons (Fsp3) is 0. The molecule has 0 saturated heterocycles. The van der Waals surface area contributed by atoms with Gasteiger partial charge in [-0.2, -0.15) is 51.6 Å². The van der Waals surface area contributed by atoms with Gasteiger partial charge >= 0.3 is 0 Å². The van der Waals surface area contributed by atoms with Gasteiger partial charge in [-0.15, -0.1) is 28.4 Å². The largest absolute Gasteiger partial charge is 0.212 e. The molecule has 0 aromatic heterocycles. The fourth-order valence-corrected chi connectivity index (χ4v) is 6.80. The van der Waals surface area contributed by atoms with E-state index in [0.717, 1.165) is 10.4 Å². The lowest BCUT2D eigenvalue weighted by molar-refractivity contribution is 2.02. The van der Waals surface area contributed by atoms with E-state index in [4.69, 9.17) is 45.4 Å². The summed E-state index contributed by atoms with van der Waals surface area (Å²) in [6, 6.07) is 10.9. The molecule has 0 fully saturated rings. The average molecular weight is 296 g/mol. The zero-order valence-electron chi connectivity index (χ0n) is 7.48. The fourth-order valence-electron chi connectivity index (χ4n) is 1.45. The topological polar surface area (TPSA) is 0 Å². The van der Waals surface area contributed by atoms with Gasteiger partial charge in [0.25, 0.3) is 0 Å². The zero-order valence-corrected chi connectivity index (χ0v) is 11.5. The minimum atomic E-state index is -2.76. The Bertz CT molecular complexity index is 427. The van der Waals surface area contributed by atoms with Gasteiger partial charge in [-0.1, -0.05) is 10.0 Å². The van der Waals surface area contributed by atoms with Crippen LogP contribution in [0.5, 0.6) is 0 Å². The molecule has 0 bridgehead atoms. The Balaban J connectivity index is 2.53. The monoisotopic (exact) mass is 294 g/mol. The first-order valence-corrected chi connectivity index (χ1v) is 9.02. The van der Waals surface area contributed by atoms with Crippen LogP contribution >= 0.6 is 45.4 Å². The average Bonchev–Trinajstić information content (AvgIpc) is 2.73. The molecule has 0 aliphatic heterocycles. The van der Waals surface area contributed by atoms with E-state index in [0.29, 0.717) is 10.0 Å². The quantitative estimate of drug-likeness (QED) is 0.452. The van der Waals surface area contributed by atoms with E-state index in [1.54, 1.807) is 12.1 Å². The van der Waals surface area contributed by atoms with Crippen LogP contribution < -0.4 is 10.4 Å². The molecule has 0 aliphatic rings. The smallest absolute Gasteiger partial charge is 0.193 e. The van der Waals surface area contributed by atoms with Crippen molar-refractivity contribution in [3.63, 3.8) is 0 Å². The van der Waals surface area contributed by atoms with Crippen LogP contribution in [0.3, 0.4) is 0 Å². The third-order valence-corrected chi connectivity index (χ3v) is 7.85. The Kier molecular flexibility index (Phi) is 3.20. The summed E-state index contributed by atoms with van der Waals surface area (Å²) in [5, 5.41) is 2.79. The maximum absolute atomic E-state index is 6.42. The molecule has 0 atom stereocenters. The van der Waals surface area contributed by atoms with Gasteiger partial charge in [-0.05, 0) is 0 Å². The summed E-state index contributed by atoms with van der Waals surface area (Å²) in [5.74, 6) is 0. The molecule has 0 spiro atoms. The van der Waals surface area contributed by atoms with Gasteiger partial charge < -0.3 is 0 Å². The summed E-state index contributed by atoms with van der Waals surface area (Å²) in [6.45, 7) is -2.76. The first-order chi connectivity index (χ1) is 7.03. The summed E-state index contributed by atoms with van der Waals surface area (Å²) < 4.78 is 0. The number of hydrogen-bond acceptors (Lipinski definition) is 0. The van der Waals surface area contributed by atoms with Gasteiger partial charge in [0.1, 0.15) is 0 Å². The molecule has 80 valence electrons. The van der Waals surface area contributed by atoms with Crippen LogP contribution in [0.1, 0.15) is 0 Å². The molecule has 0 saturated carbocycles. The van der Waals surface area contributed by atoms with E-state index in [9.17, 15) is 0 Å². The van der Waals surface area contributed by atoms with Crippen LogP contribution in [-0.2, 0) is 0 Å². The van der Waals surface area contributed by atoms with Gasteiger partial charge in [0.05, 0.1) is 0 Å². The minimum Gasteiger partial charge on any atom is -0.212 e. The van der Waals surface area contributed by atoms with Crippen LogP contribution in [0.15, 0.2) is 36.4 Å². The van der Waals surface area contributed by atoms with Gasteiger partial charge in [0.2, 0.25) is 0 Å². The van der Waals surface area contributed by atoms with Crippen molar-refractivity contribution in [3.8, 4) is 0 Å². The van der Waals surface area contributed by atoms with Gasteiger partial charge in [0.15, 0.2) is 6.69 Å². The highest BCUT2D eigenvalue weighted by Crippen LogP contribution is 2.24. The third-order valence-electron chi connectivity index (χ3n) is 2.20. The number of rotatable bonds is 2. The van der Waals surface area contributed by atoms with Gasteiger partial charge in [-0.25, -0.2) is 12.1 Å². The second-order valence-corrected chi connectivity index (χ2v) is 10.2. The van der Waals surface area contributed by atoms with E-state index in [2.05, 4.69) is 0 Å². The Morgan fingerprint density at radius 2 is 1.93 bits per heavy atom. The molecule has 2 aromatic rings. The normalized spacial score (nSPS) is 12.0. The molecule has 2 rings (SSSR count). The second-order valence-electron chi connectivity index (χ2n) is 3.15. The Morgan fingerprint density at radius 1 is 1.20 bits per heavy atom. The van der Waals surface area contributed by atoms with Crippen molar-refractivity contribution in [2.75, 3.05) is 0 Å². The van der Waals surface area contributed by atoms with Crippen molar-refractivity contribution in [2.45, 2.75) is 0 Å². The van der Waals surface area contributed by atoms with Gasteiger partial charge in [-0.3, -0.25) is 0 Å². The van der Waals surface area contributed by atoms with E-state index < -0.39 is 6.69 Å². The Morgan fingerprint density at radius 3 is 2.40 bits per heavy atom. The summed E-state index contributed by atoms with van der Waals surface area (Å²) in [5.41, 5.74) is 0. The van der Waals surface area contributed by atoms with Crippen molar-refractivity contribution < 1.29 is 0 Å². The van der Waals surface area contributed by atoms with E-state index in [-0.39, 0.29) is 0 Å². The minimum absolute atomic E-state index is 0.601. The molecular formula is C10H6Cl4Si-2. The molecule has 0 heterocycles. The molecule has 2 aromatic carbocycles. The molecule has 0 N–H and O–H groups in total. The lowest BCUT2D eigenvalue weighted by Gasteiger charge is -2.27. The highest BCUT2D eigenvalue weighted by molar-refractivity contribution is 7.56. The SMILES string of the molecule is Clc1[cH-]ccc1[Si](Cl)(Cl)[c-]1cccc1Cl. The summed E-state index contributed by atoms with van der Waals surface area (Å²) in [6.07, 6.45) is 0. The molecule has 0 unspecified atom stereocenters. The highest BCUT2D eigenvalue weighted by Gasteiger charge is 2.26. The van der Waals surface area contributed by atoms with E-state index >= 15 is 0 Å². The van der Waals surface area contributed by atoms with Gasteiger partial charge in [0, 0.05) is 0 Å². The number of halogens is 4. The highest BCUT2D eigenvalue weighted by atomic mass is 35.7. The van der Waals surface area contributed by atoms with Crippen LogP contribution in [0.25, 0.3) is 0 Å². The second kappa shape index (κ2) is 4.15. The Labute approximate surface area is 108 Å². The van der Waals surface area contributed by atoms with Crippen molar-refractivity contribution in [2.24, 2.45) is 0 Å². The van der Waals surface area contributed by atoms with Crippen LogP contribution in [-0.4, -0.2) is 6.69 Å². The maximum Gasteiger partial charge on any atom is 0.193 e. The van der Waals surface area contributed by atoms with Crippen LogP contribution in [0.4, 0.5) is 0 Å². The lowest BCUT2D eigenvalue weighted by Crippen LogP contribution is -2.48. The molecular weight excluding hydrogens is 290 g/mol. The first-order valence-electron chi connectivity index (χ1n) is 4.24. The van der Waals surface area contributed by atoms with Crippen LogP contribution in [0, 0.1) is 0 Å². The third kappa shape index (κ3) is 2.00. The molecule has 15 heavy (non-hydrogen) atoms. The maximum atomic E-state index is 6.42. The molecule has 0 amide bonds. The summed E-state index contributed by atoms with van der Waals surface area (Å²) >= 11 is 24.9. The molecule has 0 radical (unpaired) electrons. The lowest BCUT2D eigenvalue weighted by atomic mass is 10.6.